The fourth-order valence-corrected chi connectivity index (χ4v) is 2.79. The van der Waals surface area contributed by atoms with E-state index in [2.05, 4.69) is 32.7 Å². The number of amides is 1. The Morgan fingerprint density at radius 2 is 2.06 bits per heavy atom. The van der Waals surface area contributed by atoms with E-state index in [4.69, 9.17) is 0 Å². The second-order valence-corrected chi connectivity index (χ2v) is 5.85. The molecule has 0 spiro atoms. The number of anilines is 1. The summed E-state index contributed by atoms with van der Waals surface area (Å²) in [6.45, 7) is 0. The number of para-hydroxylation sites is 1. The van der Waals surface area contributed by atoms with Gasteiger partial charge in [-0.25, -0.2) is 0 Å². The molecule has 0 radical (unpaired) electrons. The molecule has 1 aromatic carbocycles. The van der Waals surface area contributed by atoms with E-state index in [1.165, 1.54) is 4.88 Å². The monoisotopic (exact) mass is 323 g/mol. The first-order valence-corrected chi connectivity index (χ1v) is 7.50. The molecule has 1 aromatic heterocycles. The maximum absolute atomic E-state index is 11.8. The highest BCUT2D eigenvalue weighted by atomic mass is 79.9. The summed E-state index contributed by atoms with van der Waals surface area (Å²) in [6.07, 6.45) is 2.41. The predicted molar refractivity (Wildman–Crippen MR) is 80.0 cm³/mol. The molecule has 0 aliphatic rings. The molecule has 1 amide bonds. The Labute approximate surface area is 119 Å². The minimum absolute atomic E-state index is 0.0680. The minimum atomic E-state index is 0.0680. The summed E-state index contributed by atoms with van der Waals surface area (Å²) in [5, 5.41) is 4.97. The van der Waals surface area contributed by atoms with Crippen molar-refractivity contribution in [2.24, 2.45) is 0 Å². The van der Waals surface area contributed by atoms with Crippen LogP contribution in [0.25, 0.3) is 0 Å². The van der Waals surface area contributed by atoms with E-state index in [0.717, 1.165) is 23.0 Å². The highest BCUT2D eigenvalue weighted by Crippen LogP contribution is 2.21. The largest absolute Gasteiger partial charge is 0.325 e. The normalized spacial score (nSPS) is 10.3. The standard InChI is InChI=1S/C14H14BrNOS/c15-12-7-1-2-8-13(12)16-14(17)9-3-5-11-6-4-10-18-11/h1-2,4,6-8,10H,3,5,9H2,(H,16,17). The zero-order valence-corrected chi connectivity index (χ0v) is 12.3. The molecule has 1 heterocycles. The molecular formula is C14H14BrNOS. The fraction of sp³-hybridized carbons (Fsp3) is 0.214. The van der Waals surface area contributed by atoms with Gasteiger partial charge in [0, 0.05) is 15.8 Å². The highest BCUT2D eigenvalue weighted by molar-refractivity contribution is 9.10. The summed E-state index contributed by atoms with van der Waals surface area (Å²) in [5.74, 6) is 0.0680. The lowest BCUT2D eigenvalue weighted by Gasteiger charge is -2.06. The number of rotatable bonds is 5. The molecule has 18 heavy (non-hydrogen) atoms. The fourth-order valence-electron chi connectivity index (χ4n) is 1.65. The lowest BCUT2D eigenvalue weighted by Crippen LogP contribution is -2.11. The average molecular weight is 324 g/mol. The summed E-state index contributed by atoms with van der Waals surface area (Å²) in [6, 6.07) is 11.8. The molecule has 0 bridgehead atoms. The summed E-state index contributed by atoms with van der Waals surface area (Å²) in [7, 11) is 0. The molecule has 1 N–H and O–H groups in total. The van der Waals surface area contributed by atoms with Gasteiger partial charge in [-0.15, -0.1) is 11.3 Å². The number of carbonyl (C=O) groups excluding carboxylic acids is 1. The lowest BCUT2D eigenvalue weighted by molar-refractivity contribution is -0.116. The quantitative estimate of drug-likeness (QED) is 0.864. The van der Waals surface area contributed by atoms with Crippen molar-refractivity contribution in [1.29, 1.82) is 0 Å². The summed E-state index contributed by atoms with van der Waals surface area (Å²) in [5.41, 5.74) is 0.832. The van der Waals surface area contributed by atoms with E-state index in [0.29, 0.717) is 6.42 Å². The van der Waals surface area contributed by atoms with Gasteiger partial charge >= 0.3 is 0 Å². The van der Waals surface area contributed by atoms with Gasteiger partial charge in [-0.2, -0.15) is 0 Å². The van der Waals surface area contributed by atoms with Gasteiger partial charge in [0.05, 0.1) is 5.69 Å². The van der Waals surface area contributed by atoms with Crippen molar-refractivity contribution in [2.45, 2.75) is 19.3 Å². The van der Waals surface area contributed by atoms with Crippen LogP contribution in [0.1, 0.15) is 17.7 Å². The third kappa shape index (κ3) is 3.96. The van der Waals surface area contributed by atoms with Crippen LogP contribution in [0.4, 0.5) is 5.69 Å². The second-order valence-electron chi connectivity index (χ2n) is 3.96. The van der Waals surface area contributed by atoms with Gasteiger partial charge in [-0.1, -0.05) is 18.2 Å². The van der Waals surface area contributed by atoms with Crippen molar-refractivity contribution < 1.29 is 4.79 Å². The Morgan fingerprint density at radius 3 is 2.78 bits per heavy atom. The summed E-state index contributed by atoms with van der Waals surface area (Å²) < 4.78 is 0.914. The Morgan fingerprint density at radius 1 is 1.22 bits per heavy atom. The van der Waals surface area contributed by atoms with Crippen molar-refractivity contribution in [1.82, 2.24) is 0 Å². The van der Waals surface area contributed by atoms with E-state index >= 15 is 0 Å². The van der Waals surface area contributed by atoms with E-state index in [-0.39, 0.29) is 5.91 Å². The van der Waals surface area contributed by atoms with Crippen molar-refractivity contribution in [3.05, 3.63) is 51.1 Å². The SMILES string of the molecule is O=C(CCCc1cccs1)Nc1ccccc1Br. The molecule has 0 saturated carbocycles. The first-order valence-electron chi connectivity index (χ1n) is 5.82. The van der Waals surface area contributed by atoms with Crippen LogP contribution in [0.2, 0.25) is 0 Å². The number of nitrogens with one attached hydrogen (secondary N) is 1. The Kier molecular flexibility index (Phi) is 4.96. The molecule has 2 rings (SSSR count). The Bertz CT molecular complexity index is 510. The number of hydrogen-bond donors (Lipinski definition) is 1. The van der Waals surface area contributed by atoms with E-state index in [9.17, 15) is 4.79 Å². The van der Waals surface area contributed by atoms with Crippen molar-refractivity contribution in [3.63, 3.8) is 0 Å². The van der Waals surface area contributed by atoms with Gasteiger partial charge in [-0.3, -0.25) is 4.79 Å². The van der Waals surface area contributed by atoms with Crippen LogP contribution in [-0.4, -0.2) is 5.91 Å². The highest BCUT2D eigenvalue weighted by Gasteiger charge is 2.05. The zero-order chi connectivity index (χ0) is 12.8. The van der Waals surface area contributed by atoms with Gasteiger partial charge in [0.25, 0.3) is 0 Å². The van der Waals surface area contributed by atoms with Crippen LogP contribution < -0.4 is 5.32 Å². The molecule has 0 aliphatic carbocycles. The van der Waals surface area contributed by atoms with Gasteiger partial charge in [0.2, 0.25) is 5.91 Å². The topological polar surface area (TPSA) is 29.1 Å². The van der Waals surface area contributed by atoms with E-state index in [1.807, 2.05) is 30.3 Å². The summed E-state index contributed by atoms with van der Waals surface area (Å²) in [4.78, 5) is 13.1. The first kappa shape index (κ1) is 13.3. The summed E-state index contributed by atoms with van der Waals surface area (Å²) >= 11 is 5.15. The van der Waals surface area contributed by atoms with E-state index < -0.39 is 0 Å². The van der Waals surface area contributed by atoms with Crippen molar-refractivity contribution in [2.75, 3.05) is 5.32 Å². The molecular weight excluding hydrogens is 310 g/mol. The van der Waals surface area contributed by atoms with Crippen LogP contribution in [0.15, 0.2) is 46.3 Å². The maximum Gasteiger partial charge on any atom is 0.224 e. The number of benzene rings is 1. The smallest absolute Gasteiger partial charge is 0.224 e. The first-order chi connectivity index (χ1) is 8.75. The average Bonchev–Trinajstić information content (AvgIpc) is 2.85. The van der Waals surface area contributed by atoms with Crippen molar-refractivity contribution in [3.8, 4) is 0 Å². The predicted octanol–water partition coefficient (Wildman–Crippen LogP) is 4.47. The van der Waals surface area contributed by atoms with Crippen LogP contribution in [0.5, 0.6) is 0 Å². The maximum atomic E-state index is 11.8. The Hall–Kier alpha value is -1.13. The minimum Gasteiger partial charge on any atom is -0.325 e. The van der Waals surface area contributed by atoms with Gasteiger partial charge in [0.15, 0.2) is 0 Å². The van der Waals surface area contributed by atoms with Crippen molar-refractivity contribution >= 4 is 38.9 Å². The Balaban J connectivity index is 1.77. The molecule has 0 aliphatic heterocycles. The molecule has 4 heteroatoms. The number of thiophene rings is 1. The van der Waals surface area contributed by atoms with Crippen LogP contribution in [-0.2, 0) is 11.2 Å². The zero-order valence-electron chi connectivity index (χ0n) is 9.86. The number of halogens is 1. The van der Waals surface area contributed by atoms with Crippen LogP contribution in [0.3, 0.4) is 0 Å². The molecule has 2 nitrogen and oxygen atoms in total. The molecule has 0 atom stereocenters. The van der Waals surface area contributed by atoms with Crippen LogP contribution in [0, 0.1) is 0 Å². The van der Waals surface area contributed by atoms with Gasteiger partial charge in [-0.05, 0) is 52.4 Å². The molecule has 0 fully saturated rings. The molecule has 0 unspecified atom stereocenters. The number of aryl methyl sites for hydroxylation is 1. The van der Waals surface area contributed by atoms with Gasteiger partial charge < -0.3 is 5.32 Å². The lowest BCUT2D eigenvalue weighted by atomic mass is 10.2. The third-order valence-corrected chi connectivity index (χ3v) is 4.18. The number of carbonyl (C=O) groups is 1. The number of hydrogen-bond acceptors (Lipinski definition) is 2. The molecule has 94 valence electrons. The van der Waals surface area contributed by atoms with Crippen LogP contribution >= 0.6 is 27.3 Å². The molecule has 0 saturated heterocycles. The van der Waals surface area contributed by atoms with E-state index in [1.54, 1.807) is 11.3 Å². The second kappa shape index (κ2) is 6.71. The molecule has 2 aromatic rings. The van der Waals surface area contributed by atoms with Gasteiger partial charge in [0.1, 0.15) is 0 Å². The third-order valence-electron chi connectivity index (χ3n) is 2.56.